The lowest BCUT2D eigenvalue weighted by Crippen LogP contribution is -1.99. The largest absolute Gasteiger partial charge is 0.481 e. The number of hydrogen-bond donors (Lipinski definition) is 1. The smallest absolute Gasteiger partial charge is 0.303 e. The molecule has 0 saturated heterocycles. The van der Waals surface area contributed by atoms with E-state index in [1.54, 1.807) is 13.8 Å². The molecule has 0 atom stereocenters. The van der Waals surface area contributed by atoms with Crippen molar-refractivity contribution >= 4 is 5.97 Å². The van der Waals surface area contributed by atoms with E-state index < -0.39 is 11.9 Å². The lowest BCUT2D eigenvalue weighted by atomic mass is 10.1. The van der Waals surface area contributed by atoms with E-state index in [1.807, 2.05) is 0 Å². The average Bonchev–Trinajstić information content (AvgIpc) is 1.21. The van der Waals surface area contributed by atoms with Crippen LogP contribution in [0.2, 0.25) is 0 Å². The van der Waals surface area contributed by atoms with E-state index in [9.17, 15) is 4.79 Å². The molecule has 0 aromatic carbocycles. The Balaban J connectivity index is 3.55. The van der Waals surface area contributed by atoms with E-state index in [0.717, 1.165) is 0 Å². The van der Waals surface area contributed by atoms with Crippen molar-refractivity contribution in [1.29, 1.82) is 0 Å². The molecule has 0 bridgehead atoms. The van der Waals surface area contributed by atoms with E-state index in [4.69, 9.17) is 6.48 Å². The minimum atomic E-state index is -0.912. The third kappa shape index (κ3) is 5.47. The second kappa shape index (κ2) is 2.61. The summed E-state index contributed by atoms with van der Waals surface area (Å²) in [6.07, 6.45) is -0.0903. The number of aliphatic carboxylic acids is 1. The van der Waals surface area contributed by atoms with E-state index in [2.05, 4.69) is 0 Å². The highest BCUT2D eigenvalue weighted by atomic mass is 16.4. The second-order valence-corrected chi connectivity index (χ2v) is 1.78. The first-order chi connectivity index (χ1) is 3.42. The molecule has 0 radical (unpaired) electrons. The van der Waals surface area contributed by atoms with Gasteiger partial charge in [-0.15, -0.1) is 0 Å². The first-order valence-electron chi connectivity index (χ1n) is 2.63. The molecule has 7 heavy (non-hydrogen) atoms. The van der Waals surface area contributed by atoms with E-state index in [-0.39, 0.29) is 6.42 Å². The summed E-state index contributed by atoms with van der Waals surface area (Å²) in [6, 6.07) is 0. The molecule has 2 nitrogen and oxygen atoms in total. The van der Waals surface area contributed by atoms with Crippen LogP contribution in [0.5, 0.6) is 0 Å². The van der Waals surface area contributed by atoms with Gasteiger partial charge in [0.15, 0.2) is 0 Å². The fourth-order valence-electron chi connectivity index (χ4n) is 0.302. The van der Waals surface area contributed by atoms with Gasteiger partial charge in [0.25, 0.3) is 0 Å². The van der Waals surface area contributed by atoms with E-state index in [0.29, 0.717) is 0 Å². The fourth-order valence-corrected chi connectivity index (χ4v) is 0.302. The van der Waals surface area contributed by atoms with Crippen LogP contribution in [0.3, 0.4) is 0 Å². The minimum absolute atomic E-state index is 0.0903. The van der Waals surface area contributed by atoms with Crippen molar-refractivity contribution in [2.24, 2.45) is 5.89 Å². The molecule has 0 heterocycles. The highest BCUT2D eigenvalue weighted by Gasteiger charge is 1.98. The molecule has 0 saturated carbocycles. The summed E-state index contributed by atoms with van der Waals surface area (Å²) in [5.74, 6) is -1.74. The molecule has 0 unspecified atom stereocenters. The summed E-state index contributed by atoms with van der Waals surface area (Å²) in [7, 11) is 0. The molecule has 0 fully saturated rings. The van der Waals surface area contributed by atoms with Crippen molar-refractivity contribution in [3.8, 4) is 0 Å². The van der Waals surface area contributed by atoms with Gasteiger partial charge in [-0.2, -0.15) is 0 Å². The molecule has 0 rings (SSSR count). The Kier molecular flexibility index (Phi) is 1.72. The highest BCUT2D eigenvalue weighted by molar-refractivity contribution is 5.66. The third-order valence-electron chi connectivity index (χ3n) is 0.505. The summed E-state index contributed by atoms with van der Waals surface area (Å²) in [5.41, 5.74) is 0. The van der Waals surface area contributed by atoms with Gasteiger partial charge in [-0.3, -0.25) is 4.79 Å². The minimum Gasteiger partial charge on any atom is -0.481 e. The average molecular weight is 103 g/mol. The number of carboxylic acid groups (broad SMARTS) is 1. The van der Waals surface area contributed by atoms with Crippen LogP contribution in [0.15, 0.2) is 0 Å². The Morgan fingerprint density at radius 2 is 2.43 bits per heavy atom. The van der Waals surface area contributed by atoms with Gasteiger partial charge in [-0.05, 0) is 5.89 Å². The first-order valence-corrected chi connectivity index (χ1v) is 2.13. The van der Waals surface area contributed by atoms with Crippen molar-refractivity contribution in [1.82, 2.24) is 0 Å². The molecular formula is C5H10O2. The highest BCUT2D eigenvalue weighted by Crippen LogP contribution is 1.96. The third-order valence-corrected chi connectivity index (χ3v) is 0.505. The Morgan fingerprint density at radius 3 is 2.43 bits per heavy atom. The van der Waals surface area contributed by atoms with E-state index in [1.165, 1.54) is 0 Å². The molecule has 0 aromatic rings. The Labute approximate surface area is 44.6 Å². The summed E-state index contributed by atoms with van der Waals surface area (Å²) >= 11 is 0. The number of carboxylic acids is 1. The lowest BCUT2D eigenvalue weighted by Gasteiger charge is -1.94. The van der Waals surface area contributed by atoms with Gasteiger partial charge in [0.1, 0.15) is 0 Å². The van der Waals surface area contributed by atoms with Gasteiger partial charge < -0.3 is 5.11 Å². The topological polar surface area (TPSA) is 37.3 Å². The Bertz CT molecular complexity index is 93.1. The van der Waals surface area contributed by atoms with Crippen LogP contribution in [0.25, 0.3) is 0 Å². The fraction of sp³-hybridized carbons (Fsp3) is 0.800. The van der Waals surface area contributed by atoms with Crippen molar-refractivity contribution in [2.45, 2.75) is 20.3 Å². The molecule has 1 N–H and O–H groups in total. The zero-order chi connectivity index (χ0) is 6.78. The van der Waals surface area contributed by atoms with Crippen molar-refractivity contribution < 1.29 is 11.3 Å². The summed E-state index contributed by atoms with van der Waals surface area (Å²) in [6.45, 7) is 3.14. The summed E-state index contributed by atoms with van der Waals surface area (Å²) in [4.78, 5) is 9.89. The van der Waals surface area contributed by atoms with Crippen LogP contribution in [0.4, 0.5) is 0 Å². The monoisotopic (exact) mass is 103 g/mol. The summed E-state index contributed by atoms with van der Waals surface area (Å²) in [5, 5.41) is 8.13. The molecule has 0 aromatic heterocycles. The van der Waals surface area contributed by atoms with Crippen LogP contribution in [0, 0.1) is 5.89 Å². The van der Waals surface area contributed by atoms with Gasteiger partial charge in [-0.1, -0.05) is 13.8 Å². The zero-order valence-electron chi connectivity index (χ0n) is 5.56. The van der Waals surface area contributed by atoms with Crippen molar-refractivity contribution in [2.75, 3.05) is 0 Å². The SMILES string of the molecule is [2H]C(C)(C)CC(=O)O. The molecule has 42 valence electrons. The molecule has 2 heteroatoms. The molecule has 0 amide bonds. The van der Waals surface area contributed by atoms with Gasteiger partial charge >= 0.3 is 5.97 Å². The lowest BCUT2D eigenvalue weighted by molar-refractivity contribution is -0.137. The second-order valence-electron chi connectivity index (χ2n) is 1.78. The standard InChI is InChI=1S/C5H10O2/c1-4(2)3-5(6)7/h4H,3H2,1-2H3,(H,6,7)/i4D. The quantitative estimate of drug-likeness (QED) is 0.568. The first kappa shape index (κ1) is 4.62. The maximum atomic E-state index is 9.89. The van der Waals surface area contributed by atoms with Gasteiger partial charge in [0, 0.05) is 7.79 Å². The number of hydrogen-bond acceptors (Lipinski definition) is 1. The predicted molar refractivity (Wildman–Crippen MR) is 27.1 cm³/mol. The van der Waals surface area contributed by atoms with Crippen LogP contribution < -0.4 is 0 Å². The molecule has 0 spiro atoms. The Morgan fingerprint density at radius 1 is 2.00 bits per heavy atom. The normalized spacial score (nSPS) is 13.1. The van der Waals surface area contributed by atoms with Crippen molar-refractivity contribution in [3.63, 3.8) is 0 Å². The van der Waals surface area contributed by atoms with Crippen molar-refractivity contribution in [3.05, 3.63) is 0 Å². The number of rotatable bonds is 2. The van der Waals surface area contributed by atoms with Crippen LogP contribution in [0.1, 0.15) is 21.6 Å². The molecule has 0 aliphatic carbocycles. The molecular weight excluding hydrogens is 92.1 g/mol. The van der Waals surface area contributed by atoms with Gasteiger partial charge in [0.2, 0.25) is 0 Å². The zero-order valence-corrected chi connectivity index (χ0v) is 4.56. The van der Waals surface area contributed by atoms with Crippen LogP contribution in [-0.2, 0) is 4.79 Å². The Hall–Kier alpha value is -0.530. The molecule has 0 aliphatic rings. The summed E-state index contributed by atoms with van der Waals surface area (Å²) < 4.78 is 7.08. The van der Waals surface area contributed by atoms with Gasteiger partial charge in [-0.25, -0.2) is 0 Å². The number of carbonyl (C=O) groups is 1. The molecule has 0 aliphatic heterocycles. The van der Waals surface area contributed by atoms with Crippen LogP contribution >= 0.6 is 0 Å². The maximum Gasteiger partial charge on any atom is 0.303 e. The predicted octanol–water partition coefficient (Wildman–Crippen LogP) is 1.12. The van der Waals surface area contributed by atoms with E-state index >= 15 is 0 Å². The van der Waals surface area contributed by atoms with Gasteiger partial charge in [0.05, 0.1) is 0 Å². The maximum absolute atomic E-state index is 9.89. The van der Waals surface area contributed by atoms with Crippen LogP contribution in [-0.4, -0.2) is 11.1 Å².